The third-order valence-electron chi connectivity index (χ3n) is 13.1. The van der Waals surface area contributed by atoms with Crippen LogP contribution in [0.15, 0.2) is 81.4 Å². The molecule has 0 spiro atoms. The fraction of sp³-hybridized carbons (Fsp3) is 0.571. The van der Waals surface area contributed by atoms with Gasteiger partial charge in [-0.15, -0.1) is 35.3 Å². The van der Waals surface area contributed by atoms with Gasteiger partial charge in [-0.1, -0.05) is 172 Å². The molecule has 364 valence electrons. The zero-order chi connectivity index (χ0) is 49.8. The van der Waals surface area contributed by atoms with Crippen molar-refractivity contribution in [2.75, 3.05) is 16.1 Å². The van der Waals surface area contributed by atoms with Crippen molar-refractivity contribution in [3.63, 3.8) is 0 Å². The Hall–Kier alpha value is -2.02. The fourth-order valence-corrected chi connectivity index (χ4v) is 30.9. The van der Waals surface area contributed by atoms with Crippen LogP contribution in [-0.4, -0.2) is 55.7 Å². The van der Waals surface area contributed by atoms with Gasteiger partial charge in [0.15, 0.2) is 0 Å². The van der Waals surface area contributed by atoms with Gasteiger partial charge in [0.25, 0.3) is 0 Å². The summed E-state index contributed by atoms with van der Waals surface area (Å²) in [6.45, 7) is 46.8. The minimum Gasteiger partial charge on any atom is -0.507 e. The highest BCUT2D eigenvalue weighted by Crippen LogP contribution is 2.63. The van der Waals surface area contributed by atoms with Crippen LogP contribution in [0.1, 0.15) is 137 Å². The first-order chi connectivity index (χ1) is 30.0. The lowest BCUT2D eigenvalue weighted by Gasteiger charge is -2.59. The van der Waals surface area contributed by atoms with E-state index < -0.39 is 24.2 Å². The number of thioether (sulfide) groups is 3. The number of hydrogen-bond acceptors (Lipinski definition) is 6. The molecule has 0 unspecified atom stereocenters. The lowest BCUT2D eigenvalue weighted by Crippen LogP contribution is -2.60. The summed E-state index contributed by atoms with van der Waals surface area (Å²) in [5.41, 5.74) is 6.48. The molecule has 4 rings (SSSR count). The van der Waals surface area contributed by atoms with E-state index in [0.717, 1.165) is 77.3 Å². The topological polar surface area (TPSA) is 60.7 Å². The Balaban J connectivity index is 0.000000342. The van der Waals surface area contributed by atoms with Crippen LogP contribution in [0.5, 0.6) is 17.2 Å². The molecule has 65 heavy (non-hydrogen) atoms. The molecule has 0 aliphatic heterocycles. The van der Waals surface area contributed by atoms with Gasteiger partial charge in [0.1, 0.15) is 17.2 Å². The first-order valence-electron chi connectivity index (χ1n) is 24.4. The van der Waals surface area contributed by atoms with Gasteiger partial charge in [-0.2, -0.15) is 0 Å². The molecule has 0 fully saturated rings. The maximum absolute atomic E-state index is 10.4. The molecule has 0 radical (unpaired) electrons. The van der Waals surface area contributed by atoms with E-state index in [-0.39, 0.29) is 0 Å². The number of hydrogen-bond donors (Lipinski definition) is 3. The second-order valence-electron chi connectivity index (χ2n) is 22.7. The molecule has 3 nitrogen and oxygen atoms in total. The van der Waals surface area contributed by atoms with Crippen molar-refractivity contribution in [2.24, 2.45) is 0 Å². The Morgan fingerprint density at radius 2 is 0.662 bits per heavy atom. The van der Waals surface area contributed by atoms with Crippen molar-refractivity contribution in [1.82, 2.24) is 0 Å². The summed E-state index contributed by atoms with van der Waals surface area (Å²) in [7, 11) is -4.19. The maximum Gasteiger partial charge on any atom is 0.122 e. The monoisotopic (exact) mass is 993 g/mol. The van der Waals surface area contributed by atoms with Crippen LogP contribution in [0.3, 0.4) is 0 Å². The molecule has 4 aromatic rings. The van der Waals surface area contributed by atoms with Crippen molar-refractivity contribution in [1.29, 1.82) is 0 Å². The van der Waals surface area contributed by atoms with Crippen molar-refractivity contribution in [3.8, 4) is 17.2 Å². The molecule has 0 aliphatic rings. The molecule has 0 aliphatic carbocycles. The van der Waals surface area contributed by atoms with Gasteiger partial charge in [0, 0.05) is 14.7 Å². The first-order valence-corrected chi connectivity index (χ1v) is 36.5. The fourth-order valence-electron chi connectivity index (χ4n) is 9.80. The number of phenols is 3. The third-order valence-corrected chi connectivity index (χ3v) is 34.2. The normalized spacial score (nSPS) is 12.6. The lowest BCUT2D eigenvalue weighted by atomic mass is 10.1. The van der Waals surface area contributed by atoms with E-state index in [1.54, 1.807) is 0 Å². The molecule has 3 N–H and O–H groups in total. The Bertz CT molecular complexity index is 1980. The van der Waals surface area contributed by atoms with Crippen LogP contribution in [0.2, 0.25) is 47.8 Å². The zero-order valence-electron chi connectivity index (χ0n) is 44.8. The van der Waals surface area contributed by atoms with E-state index in [1.807, 2.05) is 35.3 Å². The standard InChI is InChI=1S/C23H42OSSi.C19H26OSSi.C14H24OSSi/c1-12-17-14-19(15-18(13-2)20(17)24)25-16-26(21(3,4)5,22(6,7)8)23(9,10)11;1-5-15-12-17(13-16(6-2)19(15)20)21-14-22(3,4)18-10-8-7-9-11-18;1-6-11-8-13(16-10-17(3,4)5)9-12(7-2)14(11)15/h14-15,24H,12-13,16H2,1-11H3;7-13,20H,5-6,14H2,1-4H3;8-9,15H,6-7,10H2,1-5H3. The molecule has 0 aromatic heterocycles. The molecule has 0 bridgehead atoms. The summed E-state index contributed by atoms with van der Waals surface area (Å²) in [5.74, 6) is 1.51. The summed E-state index contributed by atoms with van der Waals surface area (Å²) in [6, 6.07) is 23.9. The van der Waals surface area contributed by atoms with E-state index >= 15 is 0 Å². The molecule has 0 amide bonds. The Morgan fingerprint density at radius 3 is 0.908 bits per heavy atom. The molecule has 0 heterocycles. The molecular formula is C56H92O3S3Si3. The predicted octanol–water partition coefficient (Wildman–Crippen LogP) is 17.2. The number of aryl methyl sites for hydroxylation is 6. The van der Waals surface area contributed by atoms with E-state index in [4.69, 9.17) is 0 Å². The largest absolute Gasteiger partial charge is 0.507 e. The van der Waals surface area contributed by atoms with Gasteiger partial charge in [-0.3, -0.25) is 0 Å². The second kappa shape index (κ2) is 25.0. The van der Waals surface area contributed by atoms with Crippen LogP contribution in [0.4, 0.5) is 0 Å². The number of benzene rings is 4. The summed E-state index contributed by atoms with van der Waals surface area (Å²) in [4.78, 5) is 3.94. The summed E-state index contributed by atoms with van der Waals surface area (Å²) >= 11 is 5.91. The average Bonchev–Trinajstić information content (AvgIpc) is 3.22. The lowest BCUT2D eigenvalue weighted by molar-refractivity contribution is 0.461. The number of rotatable bonds is 16. The van der Waals surface area contributed by atoms with Gasteiger partial charge in [-0.05, 0) is 140 Å². The van der Waals surface area contributed by atoms with Gasteiger partial charge in [0.05, 0.1) is 24.2 Å². The third kappa shape index (κ3) is 16.3. The van der Waals surface area contributed by atoms with Crippen molar-refractivity contribution in [3.05, 3.63) is 100 Å². The Labute approximate surface area is 415 Å². The first kappa shape index (κ1) is 59.1. The van der Waals surface area contributed by atoms with Gasteiger partial charge < -0.3 is 15.3 Å². The van der Waals surface area contributed by atoms with Crippen LogP contribution < -0.4 is 5.19 Å². The van der Waals surface area contributed by atoms with Crippen LogP contribution in [0.25, 0.3) is 0 Å². The quantitative estimate of drug-likeness (QED) is 0.0768. The molecule has 0 atom stereocenters. The summed E-state index contributed by atoms with van der Waals surface area (Å²) in [5, 5.41) is 36.7. The highest BCUT2D eigenvalue weighted by Gasteiger charge is 2.59. The zero-order valence-corrected chi connectivity index (χ0v) is 50.2. The molecule has 0 saturated heterocycles. The van der Waals surface area contributed by atoms with E-state index in [0.29, 0.717) is 32.4 Å². The van der Waals surface area contributed by atoms with E-state index in [1.165, 1.54) is 30.6 Å². The molecule has 0 saturated carbocycles. The predicted molar refractivity (Wildman–Crippen MR) is 305 cm³/mol. The summed E-state index contributed by atoms with van der Waals surface area (Å²) < 4.78 is 0. The molecular weight excluding hydrogens is 901 g/mol. The minimum atomic E-state index is -1.75. The Morgan fingerprint density at radius 1 is 0.400 bits per heavy atom. The smallest absolute Gasteiger partial charge is 0.122 e. The van der Waals surface area contributed by atoms with Crippen LogP contribution in [-0.2, 0) is 38.5 Å². The molecule has 9 heteroatoms. The highest BCUT2D eigenvalue weighted by molar-refractivity contribution is 8.01. The molecule has 4 aromatic carbocycles. The highest BCUT2D eigenvalue weighted by atomic mass is 32.2. The maximum atomic E-state index is 10.4. The van der Waals surface area contributed by atoms with Gasteiger partial charge in [0.2, 0.25) is 0 Å². The number of aromatic hydroxyl groups is 3. The summed E-state index contributed by atoms with van der Waals surface area (Å²) in [6.07, 6.45) is 5.33. The van der Waals surface area contributed by atoms with Crippen molar-refractivity contribution < 1.29 is 15.3 Å². The van der Waals surface area contributed by atoms with E-state index in [2.05, 4.69) is 203 Å². The Kier molecular flexibility index (Phi) is 22.8. The van der Waals surface area contributed by atoms with Crippen molar-refractivity contribution >= 4 is 64.7 Å². The van der Waals surface area contributed by atoms with Crippen molar-refractivity contribution in [2.45, 2.75) is 205 Å². The van der Waals surface area contributed by atoms with E-state index in [9.17, 15) is 15.3 Å². The minimum absolute atomic E-state index is 0.314. The second-order valence-corrected chi connectivity index (χ2v) is 44.2. The van der Waals surface area contributed by atoms with Crippen LogP contribution in [0, 0.1) is 0 Å². The SMILES string of the molecule is CCc1cc(SC[Si](C(C)(C)C)(C(C)(C)C)C(C)(C)C)cc(CC)c1O.CCc1cc(SC[Si](C)(C)C)cc(CC)c1O.CCc1cc(SC[Si](C)(C)c2ccccc2)cc(CC)c1O. The average molecular weight is 994 g/mol. The van der Waals surface area contributed by atoms with Crippen LogP contribution >= 0.6 is 35.3 Å². The number of phenolic OH excluding ortho intramolecular Hbond substituents is 3. The van der Waals surface area contributed by atoms with Gasteiger partial charge >= 0.3 is 0 Å². The van der Waals surface area contributed by atoms with Gasteiger partial charge in [-0.25, -0.2) is 0 Å².